The van der Waals surface area contributed by atoms with E-state index >= 15 is 0 Å². The van der Waals surface area contributed by atoms with Gasteiger partial charge < -0.3 is 10.1 Å². The second-order valence-electron chi connectivity index (χ2n) is 4.21. The standard InChI is InChI=1S/C10H15N3O2S/c14-16-6-3-8-9(16)10(13-12-8)11-7-1-4-15-5-2-7/h7H,1-6H2,(H2,11,12,13)/t16-/m0/s1. The van der Waals surface area contributed by atoms with Crippen molar-refractivity contribution in [3.05, 3.63) is 5.69 Å². The lowest BCUT2D eigenvalue weighted by atomic mass is 10.1. The molecule has 2 aliphatic rings. The first-order valence-corrected chi connectivity index (χ1v) is 6.96. The van der Waals surface area contributed by atoms with Gasteiger partial charge in [0.2, 0.25) is 0 Å². The van der Waals surface area contributed by atoms with E-state index in [1.165, 1.54) is 0 Å². The van der Waals surface area contributed by atoms with E-state index in [0.29, 0.717) is 6.04 Å². The van der Waals surface area contributed by atoms with Crippen molar-refractivity contribution < 1.29 is 8.95 Å². The lowest BCUT2D eigenvalue weighted by Gasteiger charge is -2.23. The zero-order valence-electron chi connectivity index (χ0n) is 8.99. The lowest BCUT2D eigenvalue weighted by Crippen LogP contribution is -2.28. The number of aryl methyl sites for hydroxylation is 1. The van der Waals surface area contributed by atoms with Crippen LogP contribution in [-0.4, -0.2) is 39.4 Å². The highest BCUT2D eigenvalue weighted by molar-refractivity contribution is 7.85. The monoisotopic (exact) mass is 241 g/mol. The molecule has 0 aromatic carbocycles. The quantitative estimate of drug-likeness (QED) is 0.798. The minimum absolute atomic E-state index is 0.402. The van der Waals surface area contributed by atoms with E-state index in [4.69, 9.17) is 4.74 Å². The van der Waals surface area contributed by atoms with Gasteiger partial charge in [0.15, 0.2) is 5.82 Å². The van der Waals surface area contributed by atoms with Crippen molar-refractivity contribution in [2.24, 2.45) is 0 Å². The number of hydrogen-bond donors (Lipinski definition) is 2. The molecule has 2 aliphatic heterocycles. The highest BCUT2D eigenvalue weighted by Gasteiger charge is 2.26. The van der Waals surface area contributed by atoms with Gasteiger partial charge >= 0.3 is 0 Å². The van der Waals surface area contributed by atoms with Gasteiger partial charge in [-0.2, -0.15) is 5.10 Å². The molecular formula is C10H15N3O2S. The fourth-order valence-electron chi connectivity index (χ4n) is 2.21. The summed E-state index contributed by atoms with van der Waals surface area (Å²) in [6.07, 6.45) is 2.84. The molecule has 0 spiro atoms. The number of rotatable bonds is 2. The van der Waals surface area contributed by atoms with Crippen LogP contribution in [0.15, 0.2) is 4.90 Å². The Morgan fingerprint density at radius 3 is 3.06 bits per heavy atom. The van der Waals surface area contributed by atoms with Crippen LogP contribution in [0.3, 0.4) is 0 Å². The Labute approximate surface area is 96.4 Å². The summed E-state index contributed by atoms with van der Waals surface area (Å²) >= 11 is 0. The molecule has 6 heteroatoms. The van der Waals surface area contributed by atoms with E-state index in [1.807, 2.05) is 0 Å². The third-order valence-electron chi connectivity index (χ3n) is 3.12. The summed E-state index contributed by atoms with van der Waals surface area (Å²) in [7, 11) is -0.870. The second-order valence-corrected chi connectivity index (χ2v) is 5.72. The van der Waals surface area contributed by atoms with Gasteiger partial charge in [-0.05, 0) is 12.8 Å². The molecule has 0 bridgehead atoms. The van der Waals surface area contributed by atoms with Crippen LogP contribution in [0.4, 0.5) is 5.82 Å². The summed E-state index contributed by atoms with van der Waals surface area (Å²) in [5.74, 6) is 1.52. The largest absolute Gasteiger partial charge is 0.381 e. The summed E-state index contributed by atoms with van der Waals surface area (Å²) in [5, 5.41) is 10.6. The molecule has 3 rings (SSSR count). The summed E-state index contributed by atoms with van der Waals surface area (Å²) in [5.41, 5.74) is 1.04. The number of aromatic nitrogens is 2. The van der Waals surface area contributed by atoms with Gasteiger partial charge in [0.1, 0.15) is 4.90 Å². The van der Waals surface area contributed by atoms with Crippen LogP contribution in [0.1, 0.15) is 18.5 Å². The lowest BCUT2D eigenvalue weighted by molar-refractivity contribution is 0.0903. The van der Waals surface area contributed by atoms with Crippen LogP contribution in [0.5, 0.6) is 0 Å². The molecule has 3 heterocycles. The van der Waals surface area contributed by atoms with Crippen LogP contribution in [0.25, 0.3) is 0 Å². The fraction of sp³-hybridized carbons (Fsp3) is 0.700. The first-order valence-electron chi connectivity index (χ1n) is 5.64. The van der Waals surface area contributed by atoms with Crippen LogP contribution in [0, 0.1) is 0 Å². The van der Waals surface area contributed by atoms with E-state index in [1.54, 1.807) is 0 Å². The first-order chi connectivity index (χ1) is 7.84. The van der Waals surface area contributed by atoms with E-state index in [9.17, 15) is 4.21 Å². The van der Waals surface area contributed by atoms with Crippen LogP contribution < -0.4 is 5.32 Å². The molecule has 0 radical (unpaired) electrons. The number of ether oxygens (including phenoxy) is 1. The molecule has 5 nitrogen and oxygen atoms in total. The van der Waals surface area contributed by atoms with Crippen molar-refractivity contribution in [1.29, 1.82) is 0 Å². The van der Waals surface area contributed by atoms with Crippen LogP contribution in [0.2, 0.25) is 0 Å². The minimum atomic E-state index is -0.870. The van der Waals surface area contributed by atoms with Crippen molar-refractivity contribution in [3.8, 4) is 0 Å². The van der Waals surface area contributed by atoms with Crippen LogP contribution in [-0.2, 0) is 22.0 Å². The zero-order chi connectivity index (χ0) is 11.0. The molecule has 0 amide bonds. The Morgan fingerprint density at radius 1 is 1.44 bits per heavy atom. The summed E-state index contributed by atoms with van der Waals surface area (Å²) in [4.78, 5) is 0.895. The number of aromatic amines is 1. The third-order valence-corrected chi connectivity index (χ3v) is 4.59. The number of nitrogens with zero attached hydrogens (tertiary/aromatic N) is 1. The van der Waals surface area contributed by atoms with Gasteiger partial charge in [0, 0.05) is 31.4 Å². The second kappa shape index (κ2) is 4.18. The third kappa shape index (κ3) is 1.76. The smallest absolute Gasteiger partial charge is 0.164 e. The van der Waals surface area contributed by atoms with Gasteiger partial charge in [-0.3, -0.25) is 9.31 Å². The van der Waals surface area contributed by atoms with E-state index < -0.39 is 10.8 Å². The number of nitrogens with one attached hydrogen (secondary N) is 2. The summed E-state index contributed by atoms with van der Waals surface area (Å²) < 4.78 is 17.1. The van der Waals surface area contributed by atoms with Crippen molar-refractivity contribution in [3.63, 3.8) is 0 Å². The fourth-order valence-corrected chi connectivity index (χ4v) is 3.55. The normalized spacial score (nSPS) is 25.6. The molecule has 1 aromatic heterocycles. The van der Waals surface area contributed by atoms with Crippen molar-refractivity contribution in [2.45, 2.75) is 30.2 Å². The zero-order valence-corrected chi connectivity index (χ0v) is 9.81. The molecular weight excluding hydrogens is 226 g/mol. The molecule has 16 heavy (non-hydrogen) atoms. The first kappa shape index (κ1) is 10.3. The Hall–Kier alpha value is -0.880. The number of H-pyrrole nitrogens is 1. The highest BCUT2D eigenvalue weighted by Crippen LogP contribution is 2.28. The Bertz CT molecular complexity index is 412. The van der Waals surface area contributed by atoms with Crippen molar-refractivity contribution >= 4 is 16.6 Å². The molecule has 1 fully saturated rings. The molecule has 1 atom stereocenters. The highest BCUT2D eigenvalue weighted by atomic mass is 32.2. The Morgan fingerprint density at radius 2 is 2.25 bits per heavy atom. The van der Waals surface area contributed by atoms with E-state index in [-0.39, 0.29) is 0 Å². The van der Waals surface area contributed by atoms with Gasteiger partial charge in [0.05, 0.1) is 16.5 Å². The summed E-state index contributed by atoms with van der Waals surface area (Å²) in [6, 6.07) is 0.402. The van der Waals surface area contributed by atoms with Gasteiger partial charge in [-0.15, -0.1) is 0 Å². The maximum Gasteiger partial charge on any atom is 0.164 e. The van der Waals surface area contributed by atoms with Crippen molar-refractivity contribution in [1.82, 2.24) is 10.2 Å². The van der Waals surface area contributed by atoms with E-state index in [0.717, 1.165) is 54.6 Å². The molecule has 88 valence electrons. The average Bonchev–Trinajstić information content (AvgIpc) is 2.86. The maximum absolute atomic E-state index is 11.8. The Balaban J connectivity index is 1.77. The predicted octanol–water partition coefficient (Wildman–Crippen LogP) is 0.664. The number of fused-ring (bicyclic) bond motifs is 1. The van der Waals surface area contributed by atoms with Gasteiger partial charge in [-0.1, -0.05) is 0 Å². The average molecular weight is 241 g/mol. The van der Waals surface area contributed by atoms with Crippen molar-refractivity contribution in [2.75, 3.05) is 24.3 Å². The SMILES string of the molecule is O=[S@]1CCc2[nH]nc(NC3CCOCC3)c21. The van der Waals surface area contributed by atoms with Gasteiger partial charge in [0.25, 0.3) is 0 Å². The molecule has 0 aliphatic carbocycles. The number of anilines is 1. The molecule has 0 unspecified atom stereocenters. The minimum Gasteiger partial charge on any atom is -0.381 e. The number of hydrogen-bond acceptors (Lipinski definition) is 4. The summed E-state index contributed by atoms with van der Waals surface area (Å²) in [6.45, 7) is 1.60. The van der Waals surface area contributed by atoms with Gasteiger partial charge in [-0.25, -0.2) is 0 Å². The maximum atomic E-state index is 11.8. The molecule has 2 N–H and O–H groups in total. The van der Waals surface area contributed by atoms with E-state index in [2.05, 4.69) is 15.5 Å². The Kier molecular flexibility index (Phi) is 2.69. The predicted molar refractivity (Wildman–Crippen MR) is 61.0 cm³/mol. The topological polar surface area (TPSA) is 67.0 Å². The molecule has 1 aromatic rings. The van der Waals surface area contributed by atoms with Crippen LogP contribution >= 0.6 is 0 Å². The molecule has 0 saturated carbocycles. The molecule has 1 saturated heterocycles.